The first-order chi connectivity index (χ1) is 27.4. The van der Waals surface area contributed by atoms with Gasteiger partial charge in [-0.1, -0.05) is 191 Å². The van der Waals surface area contributed by atoms with E-state index in [0.717, 1.165) is 17.1 Å². The van der Waals surface area contributed by atoms with Gasteiger partial charge in [0.2, 0.25) is 0 Å². The molecule has 0 unspecified atom stereocenters. The van der Waals surface area contributed by atoms with Gasteiger partial charge in [0.25, 0.3) is 0 Å². The number of fused-ring (bicyclic) bond motifs is 3. The Kier molecular flexibility index (Phi) is 9.67. The average Bonchev–Trinajstić information content (AvgIpc) is 3.43. The van der Waals surface area contributed by atoms with Crippen molar-refractivity contribution in [1.82, 2.24) is 0 Å². The van der Waals surface area contributed by atoms with Crippen LogP contribution >= 0.6 is 0 Å². The Labute approximate surface area is 348 Å². The molecule has 1 heteroatoms. The third-order valence-electron chi connectivity index (χ3n) is 12.3. The number of hydrogen-bond donors (Lipinski definition) is 0. The molecule has 0 bridgehead atoms. The molecule has 0 atom stereocenters. The van der Waals surface area contributed by atoms with E-state index >= 15 is 0 Å². The lowest BCUT2D eigenvalue weighted by atomic mass is 9.78. The minimum absolute atomic E-state index is 0.0296. The number of nitrogens with zero attached hydrogens (tertiary/aromatic N) is 1. The SMILES string of the molecule is CC(C)(C)c1cc(-c2cccc(N(c3ccc(-c4ccccc4)cc3)c3ccc4c(c3)C(C)(C)c3ccccc3-4)c2)cc(-c2cc(C(C)(C)C)cc(C(C)(C)C)c2)c1. The molecule has 0 spiro atoms. The number of benzene rings is 7. The van der Waals surface area contributed by atoms with Crippen molar-refractivity contribution in [1.29, 1.82) is 0 Å². The fourth-order valence-electron chi connectivity index (χ4n) is 8.59. The summed E-state index contributed by atoms with van der Waals surface area (Å²) in [5.74, 6) is 0. The first kappa shape index (κ1) is 39.2. The van der Waals surface area contributed by atoms with Gasteiger partial charge >= 0.3 is 0 Å². The van der Waals surface area contributed by atoms with Crippen LogP contribution in [-0.4, -0.2) is 0 Å². The number of rotatable bonds is 6. The minimum Gasteiger partial charge on any atom is -0.310 e. The lowest BCUT2D eigenvalue weighted by Crippen LogP contribution is -2.16. The van der Waals surface area contributed by atoms with Crippen LogP contribution in [0.1, 0.15) is 104 Å². The predicted molar refractivity (Wildman–Crippen MR) is 251 cm³/mol. The van der Waals surface area contributed by atoms with Crippen molar-refractivity contribution in [3.63, 3.8) is 0 Å². The Hall–Kier alpha value is -5.66. The Morgan fingerprint density at radius 2 is 0.793 bits per heavy atom. The topological polar surface area (TPSA) is 3.24 Å². The van der Waals surface area contributed by atoms with Crippen molar-refractivity contribution < 1.29 is 0 Å². The van der Waals surface area contributed by atoms with Gasteiger partial charge in [0, 0.05) is 22.5 Å². The molecule has 8 rings (SSSR count). The number of anilines is 3. The Morgan fingerprint density at radius 3 is 1.41 bits per heavy atom. The maximum absolute atomic E-state index is 2.44. The highest BCUT2D eigenvalue weighted by Gasteiger charge is 2.36. The van der Waals surface area contributed by atoms with Crippen LogP contribution in [0.4, 0.5) is 17.1 Å². The normalized spacial score (nSPS) is 13.6. The highest BCUT2D eigenvalue weighted by Crippen LogP contribution is 2.51. The van der Waals surface area contributed by atoms with Crippen LogP contribution in [0, 0.1) is 0 Å². The van der Waals surface area contributed by atoms with Crippen LogP contribution in [0.25, 0.3) is 44.5 Å². The van der Waals surface area contributed by atoms with Crippen molar-refractivity contribution in [3.05, 3.63) is 186 Å². The van der Waals surface area contributed by atoms with Crippen LogP contribution in [-0.2, 0) is 21.7 Å². The molecule has 0 aliphatic heterocycles. The second-order valence-corrected chi connectivity index (χ2v) is 20.0. The second-order valence-electron chi connectivity index (χ2n) is 20.0. The standard InChI is InChI=1S/C57H59N/c1-54(2,3)44-31-41(30-42(32-44)43-33-45(55(4,5)6)36-46(34-43)56(7,8)9)40-20-17-21-48(35-40)58(47-26-24-39(25-27-47)38-18-13-12-14-19-38)49-28-29-51-50-22-15-16-23-52(50)57(10,11)53(51)37-49/h12-37H,1-11H3. The van der Waals surface area contributed by atoms with Gasteiger partial charge in [-0.15, -0.1) is 0 Å². The summed E-state index contributed by atoms with van der Waals surface area (Å²) < 4.78 is 0. The van der Waals surface area contributed by atoms with E-state index in [1.807, 2.05) is 0 Å². The van der Waals surface area contributed by atoms with Crippen LogP contribution < -0.4 is 4.90 Å². The van der Waals surface area contributed by atoms with Crippen LogP contribution in [0.3, 0.4) is 0 Å². The van der Waals surface area contributed by atoms with E-state index in [1.165, 1.54) is 72.3 Å². The third kappa shape index (κ3) is 7.44. The molecule has 0 radical (unpaired) electrons. The molecule has 0 fully saturated rings. The molecule has 58 heavy (non-hydrogen) atoms. The summed E-state index contributed by atoms with van der Waals surface area (Å²) in [5, 5.41) is 0. The molecule has 7 aromatic rings. The zero-order chi connectivity index (χ0) is 41.2. The van der Waals surface area contributed by atoms with Crippen LogP contribution in [0.15, 0.2) is 158 Å². The van der Waals surface area contributed by atoms with E-state index in [9.17, 15) is 0 Å². The molecule has 292 valence electrons. The van der Waals surface area contributed by atoms with Gasteiger partial charge in [-0.3, -0.25) is 0 Å². The van der Waals surface area contributed by atoms with Gasteiger partial charge in [0.05, 0.1) is 0 Å². The van der Waals surface area contributed by atoms with E-state index in [4.69, 9.17) is 0 Å². The summed E-state index contributed by atoms with van der Waals surface area (Å²) in [4.78, 5) is 2.44. The van der Waals surface area contributed by atoms with Crippen molar-refractivity contribution in [2.75, 3.05) is 4.90 Å². The molecule has 1 nitrogen and oxygen atoms in total. The van der Waals surface area contributed by atoms with Crippen molar-refractivity contribution in [2.45, 2.75) is 97.8 Å². The molecule has 1 aliphatic rings. The maximum Gasteiger partial charge on any atom is 0.0467 e. The molecular weight excluding hydrogens is 699 g/mol. The van der Waals surface area contributed by atoms with Gasteiger partial charge in [-0.05, 0) is 131 Å². The van der Waals surface area contributed by atoms with E-state index in [2.05, 4.69) is 239 Å². The summed E-state index contributed by atoms with van der Waals surface area (Å²) >= 11 is 0. The fraction of sp³-hybridized carbons (Fsp3) is 0.263. The lowest BCUT2D eigenvalue weighted by molar-refractivity contribution is 0.569. The molecule has 0 saturated heterocycles. The summed E-state index contributed by atoms with van der Waals surface area (Å²) in [7, 11) is 0. The van der Waals surface area contributed by atoms with Crippen molar-refractivity contribution in [3.8, 4) is 44.5 Å². The summed E-state index contributed by atoms with van der Waals surface area (Å²) in [5.41, 5.74) is 20.2. The molecule has 7 aromatic carbocycles. The third-order valence-corrected chi connectivity index (χ3v) is 12.3. The zero-order valence-electron chi connectivity index (χ0n) is 36.5. The van der Waals surface area contributed by atoms with E-state index in [0.29, 0.717) is 0 Å². The van der Waals surface area contributed by atoms with Gasteiger partial charge in [-0.2, -0.15) is 0 Å². The first-order valence-electron chi connectivity index (χ1n) is 21.0. The van der Waals surface area contributed by atoms with E-state index in [-0.39, 0.29) is 21.7 Å². The summed E-state index contributed by atoms with van der Waals surface area (Å²) in [6.45, 7) is 25.6. The quantitative estimate of drug-likeness (QED) is 0.163. The van der Waals surface area contributed by atoms with Crippen molar-refractivity contribution in [2.24, 2.45) is 0 Å². The maximum atomic E-state index is 2.44. The molecule has 0 saturated carbocycles. The second kappa shape index (κ2) is 14.3. The lowest BCUT2D eigenvalue weighted by Gasteiger charge is -2.29. The fourth-order valence-corrected chi connectivity index (χ4v) is 8.59. The molecular formula is C57H59N. The summed E-state index contributed by atoms with van der Waals surface area (Å²) in [6, 6.07) is 59.3. The Bertz CT molecular complexity index is 2590. The first-order valence-corrected chi connectivity index (χ1v) is 21.0. The van der Waals surface area contributed by atoms with Crippen LogP contribution in [0.5, 0.6) is 0 Å². The Balaban J connectivity index is 1.29. The van der Waals surface area contributed by atoms with E-state index < -0.39 is 0 Å². The van der Waals surface area contributed by atoms with Gasteiger partial charge < -0.3 is 4.90 Å². The molecule has 0 N–H and O–H groups in total. The van der Waals surface area contributed by atoms with Gasteiger partial charge in [-0.25, -0.2) is 0 Å². The van der Waals surface area contributed by atoms with Gasteiger partial charge in [0.15, 0.2) is 0 Å². The molecule has 0 amide bonds. The minimum atomic E-state index is -0.104. The summed E-state index contributed by atoms with van der Waals surface area (Å²) in [6.07, 6.45) is 0. The molecule has 1 aliphatic carbocycles. The largest absolute Gasteiger partial charge is 0.310 e. The van der Waals surface area contributed by atoms with Crippen LogP contribution in [0.2, 0.25) is 0 Å². The smallest absolute Gasteiger partial charge is 0.0467 e. The predicted octanol–water partition coefficient (Wildman–Crippen LogP) is 16.4. The molecule has 0 aromatic heterocycles. The number of hydrogen-bond acceptors (Lipinski definition) is 1. The molecule has 0 heterocycles. The monoisotopic (exact) mass is 757 g/mol. The Morgan fingerprint density at radius 1 is 0.328 bits per heavy atom. The zero-order valence-corrected chi connectivity index (χ0v) is 36.5. The highest BCUT2D eigenvalue weighted by atomic mass is 15.1. The highest BCUT2D eigenvalue weighted by molar-refractivity contribution is 5.87. The van der Waals surface area contributed by atoms with Gasteiger partial charge in [0.1, 0.15) is 0 Å². The van der Waals surface area contributed by atoms with Crippen molar-refractivity contribution >= 4 is 17.1 Å². The van der Waals surface area contributed by atoms with E-state index in [1.54, 1.807) is 0 Å². The average molecular weight is 758 g/mol.